The van der Waals surface area contributed by atoms with Gasteiger partial charge in [0.2, 0.25) is 0 Å². The number of nitrogens with one attached hydrogen (secondary N) is 1. The predicted molar refractivity (Wildman–Crippen MR) is 66.3 cm³/mol. The summed E-state index contributed by atoms with van der Waals surface area (Å²) >= 11 is 0. The average molecular weight is 252 g/mol. The van der Waals surface area contributed by atoms with E-state index in [0.29, 0.717) is 18.3 Å². The molecule has 100 valence electrons. The van der Waals surface area contributed by atoms with E-state index in [1.165, 1.54) is 38.2 Å². The molecular weight excluding hydrogens is 232 g/mol. The van der Waals surface area contributed by atoms with Crippen molar-refractivity contribution >= 4 is 5.97 Å². The maximum absolute atomic E-state index is 10.7. The Morgan fingerprint density at radius 2 is 2.28 bits per heavy atom. The van der Waals surface area contributed by atoms with E-state index in [4.69, 9.17) is 9.63 Å². The number of aromatic nitrogens is 1. The molecule has 0 radical (unpaired) electrons. The largest absolute Gasteiger partial charge is 0.476 e. The van der Waals surface area contributed by atoms with Gasteiger partial charge in [0.05, 0.1) is 6.54 Å². The fourth-order valence-corrected chi connectivity index (χ4v) is 2.56. The molecule has 1 heterocycles. The molecule has 1 aliphatic carbocycles. The molecule has 5 nitrogen and oxygen atoms in total. The van der Waals surface area contributed by atoms with Crippen molar-refractivity contribution < 1.29 is 14.4 Å². The first kappa shape index (κ1) is 13.1. The first-order chi connectivity index (χ1) is 8.66. The molecule has 0 bridgehead atoms. The minimum absolute atomic E-state index is 0.0304. The van der Waals surface area contributed by atoms with Gasteiger partial charge in [-0.15, -0.1) is 0 Å². The van der Waals surface area contributed by atoms with Crippen LogP contribution in [0, 0.1) is 5.92 Å². The van der Waals surface area contributed by atoms with Crippen LogP contribution in [0.25, 0.3) is 0 Å². The minimum Gasteiger partial charge on any atom is -0.476 e. The Morgan fingerprint density at radius 1 is 1.56 bits per heavy atom. The Labute approximate surface area is 107 Å². The quantitative estimate of drug-likeness (QED) is 0.841. The highest BCUT2D eigenvalue weighted by atomic mass is 16.5. The zero-order chi connectivity index (χ0) is 13.0. The Bertz CT molecular complexity index is 397. The highest BCUT2D eigenvalue weighted by Crippen LogP contribution is 2.26. The lowest BCUT2D eigenvalue weighted by molar-refractivity contribution is 0.0685. The van der Waals surface area contributed by atoms with Crippen molar-refractivity contribution in [3.05, 3.63) is 17.5 Å². The lowest BCUT2D eigenvalue weighted by Gasteiger charge is -2.28. The Balaban J connectivity index is 1.80. The predicted octanol–water partition coefficient (Wildman–Crippen LogP) is 2.43. The molecule has 0 unspecified atom stereocenters. The smallest absolute Gasteiger partial charge is 0.358 e. The van der Waals surface area contributed by atoms with Gasteiger partial charge in [-0.25, -0.2) is 4.79 Å². The normalized spacial score (nSPS) is 18.7. The van der Waals surface area contributed by atoms with E-state index in [9.17, 15) is 4.79 Å². The van der Waals surface area contributed by atoms with Crippen LogP contribution in [0.2, 0.25) is 0 Å². The molecule has 0 amide bonds. The molecule has 2 rings (SSSR count). The molecule has 5 heteroatoms. The molecule has 1 aliphatic rings. The number of hydrogen-bond acceptors (Lipinski definition) is 4. The molecule has 1 aromatic rings. The number of rotatable bonds is 5. The summed E-state index contributed by atoms with van der Waals surface area (Å²) in [6, 6.07) is 1.91. The van der Waals surface area contributed by atoms with Gasteiger partial charge < -0.3 is 14.9 Å². The standard InChI is InChI=1S/C13H20N2O3/c1-9(10-5-3-2-4-6-10)14-8-11-7-12(13(16)17)15-18-11/h7,9-10,14H,2-6,8H2,1H3,(H,16,17)/t9-/m1/s1. The molecule has 0 saturated heterocycles. The summed E-state index contributed by atoms with van der Waals surface area (Å²) < 4.78 is 4.97. The molecule has 18 heavy (non-hydrogen) atoms. The van der Waals surface area contributed by atoms with Crippen molar-refractivity contribution in [3.8, 4) is 0 Å². The topological polar surface area (TPSA) is 75.4 Å². The van der Waals surface area contributed by atoms with Crippen molar-refractivity contribution in [1.29, 1.82) is 0 Å². The summed E-state index contributed by atoms with van der Waals surface area (Å²) in [4.78, 5) is 10.7. The van der Waals surface area contributed by atoms with Crippen LogP contribution in [0.3, 0.4) is 0 Å². The van der Waals surface area contributed by atoms with Crippen molar-refractivity contribution in [1.82, 2.24) is 10.5 Å². The van der Waals surface area contributed by atoms with Crippen LogP contribution in [0.4, 0.5) is 0 Å². The van der Waals surface area contributed by atoms with Gasteiger partial charge in [0.25, 0.3) is 0 Å². The van der Waals surface area contributed by atoms with Crippen LogP contribution in [0.15, 0.2) is 10.6 Å². The van der Waals surface area contributed by atoms with Gasteiger partial charge in [-0.05, 0) is 25.7 Å². The van der Waals surface area contributed by atoms with E-state index >= 15 is 0 Å². The van der Waals surface area contributed by atoms with Gasteiger partial charge in [-0.2, -0.15) is 0 Å². The summed E-state index contributed by atoms with van der Waals surface area (Å²) in [7, 11) is 0. The number of nitrogens with zero attached hydrogens (tertiary/aromatic N) is 1. The van der Waals surface area contributed by atoms with E-state index in [1.54, 1.807) is 0 Å². The molecule has 0 aliphatic heterocycles. The van der Waals surface area contributed by atoms with E-state index in [0.717, 1.165) is 5.92 Å². The Kier molecular flexibility index (Phi) is 4.36. The number of hydrogen-bond donors (Lipinski definition) is 2. The van der Waals surface area contributed by atoms with Crippen LogP contribution in [0.1, 0.15) is 55.3 Å². The maximum Gasteiger partial charge on any atom is 0.358 e. The molecular formula is C13H20N2O3. The molecule has 2 N–H and O–H groups in total. The fraction of sp³-hybridized carbons (Fsp3) is 0.692. The van der Waals surface area contributed by atoms with Crippen LogP contribution in [-0.4, -0.2) is 22.3 Å². The summed E-state index contributed by atoms with van der Waals surface area (Å²) in [6.45, 7) is 2.72. The number of carboxylic acid groups (broad SMARTS) is 1. The summed E-state index contributed by atoms with van der Waals surface area (Å²) in [5.41, 5.74) is -0.0304. The fourth-order valence-electron chi connectivity index (χ4n) is 2.56. The molecule has 1 fully saturated rings. The second kappa shape index (κ2) is 6.00. The lowest BCUT2D eigenvalue weighted by atomic mass is 9.84. The lowest BCUT2D eigenvalue weighted by Crippen LogP contribution is -2.34. The van der Waals surface area contributed by atoms with Gasteiger partial charge >= 0.3 is 5.97 Å². The monoisotopic (exact) mass is 252 g/mol. The number of carbonyl (C=O) groups is 1. The highest BCUT2D eigenvalue weighted by Gasteiger charge is 2.20. The average Bonchev–Trinajstić information content (AvgIpc) is 2.86. The number of aromatic carboxylic acids is 1. The van der Waals surface area contributed by atoms with Gasteiger partial charge in [0, 0.05) is 12.1 Å². The third kappa shape index (κ3) is 3.32. The minimum atomic E-state index is -1.05. The molecule has 0 spiro atoms. The Morgan fingerprint density at radius 3 is 2.89 bits per heavy atom. The molecule has 1 saturated carbocycles. The zero-order valence-electron chi connectivity index (χ0n) is 10.7. The Hall–Kier alpha value is -1.36. The van der Waals surface area contributed by atoms with Crippen molar-refractivity contribution in [2.75, 3.05) is 0 Å². The van der Waals surface area contributed by atoms with Gasteiger partial charge in [0.1, 0.15) is 0 Å². The summed E-state index contributed by atoms with van der Waals surface area (Å²) in [5.74, 6) is 0.251. The SMILES string of the molecule is C[C@@H](NCc1cc(C(=O)O)no1)C1CCCCC1. The summed E-state index contributed by atoms with van der Waals surface area (Å²) in [5, 5.41) is 15.6. The first-order valence-electron chi connectivity index (χ1n) is 6.59. The molecule has 1 aromatic heterocycles. The van der Waals surface area contributed by atoms with Gasteiger partial charge in [0.15, 0.2) is 11.5 Å². The second-order valence-corrected chi connectivity index (χ2v) is 5.05. The second-order valence-electron chi connectivity index (χ2n) is 5.05. The maximum atomic E-state index is 10.7. The number of carboxylic acids is 1. The third-order valence-electron chi connectivity index (χ3n) is 3.73. The van der Waals surface area contributed by atoms with Crippen LogP contribution >= 0.6 is 0 Å². The molecule has 0 aromatic carbocycles. The van der Waals surface area contributed by atoms with Crippen molar-refractivity contribution in [3.63, 3.8) is 0 Å². The van der Waals surface area contributed by atoms with Crippen molar-refractivity contribution in [2.24, 2.45) is 5.92 Å². The van der Waals surface area contributed by atoms with E-state index in [2.05, 4.69) is 17.4 Å². The zero-order valence-corrected chi connectivity index (χ0v) is 10.7. The van der Waals surface area contributed by atoms with Crippen LogP contribution in [0.5, 0.6) is 0 Å². The van der Waals surface area contributed by atoms with Crippen LogP contribution < -0.4 is 5.32 Å². The van der Waals surface area contributed by atoms with Gasteiger partial charge in [-0.3, -0.25) is 0 Å². The molecule has 1 atom stereocenters. The van der Waals surface area contributed by atoms with E-state index < -0.39 is 5.97 Å². The van der Waals surface area contributed by atoms with E-state index in [1.807, 2.05) is 0 Å². The van der Waals surface area contributed by atoms with E-state index in [-0.39, 0.29) is 5.69 Å². The van der Waals surface area contributed by atoms with Crippen molar-refractivity contribution in [2.45, 2.75) is 51.6 Å². The summed E-state index contributed by atoms with van der Waals surface area (Å²) in [6.07, 6.45) is 6.56. The first-order valence-corrected chi connectivity index (χ1v) is 6.59. The van der Waals surface area contributed by atoms with Gasteiger partial charge in [-0.1, -0.05) is 24.4 Å². The highest BCUT2D eigenvalue weighted by molar-refractivity contribution is 5.85. The van der Waals surface area contributed by atoms with Crippen LogP contribution in [-0.2, 0) is 6.54 Å². The third-order valence-corrected chi connectivity index (χ3v) is 3.73.